The van der Waals surface area contributed by atoms with Crippen LogP contribution in [0.1, 0.15) is 28.4 Å². The number of benzene rings is 2. The van der Waals surface area contributed by atoms with Crippen LogP contribution in [-0.4, -0.2) is 12.5 Å². The number of hydrogen-bond acceptors (Lipinski definition) is 2. The summed E-state index contributed by atoms with van der Waals surface area (Å²) in [5, 5.41) is 2.93. The molecule has 0 fully saturated rings. The number of aryl methyl sites for hydroxylation is 1. The van der Waals surface area contributed by atoms with Gasteiger partial charge < -0.3 is 11.1 Å². The predicted molar refractivity (Wildman–Crippen MR) is 82.7 cm³/mol. The zero-order valence-corrected chi connectivity index (χ0v) is 11.7. The second-order valence-corrected chi connectivity index (χ2v) is 4.80. The molecule has 0 saturated carbocycles. The monoisotopic (exact) mass is 268 g/mol. The molecule has 0 radical (unpaired) electrons. The van der Waals surface area contributed by atoms with Gasteiger partial charge in [0.15, 0.2) is 0 Å². The van der Waals surface area contributed by atoms with Gasteiger partial charge in [0.05, 0.1) is 0 Å². The first-order chi connectivity index (χ1) is 9.69. The fourth-order valence-electron chi connectivity index (χ4n) is 2.00. The summed E-state index contributed by atoms with van der Waals surface area (Å²) in [5.41, 5.74) is 9.51. The number of hydrogen-bond donors (Lipinski definition) is 2. The highest BCUT2D eigenvalue weighted by Crippen LogP contribution is 2.07. The summed E-state index contributed by atoms with van der Waals surface area (Å²) in [7, 11) is 0. The third-order valence-electron chi connectivity index (χ3n) is 3.30. The van der Waals surface area contributed by atoms with Gasteiger partial charge >= 0.3 is 0 Å². The van der Waals surface area contributed by atoms with Crippen LogP contribution in [0.2, 0.25) is 0 Å². The van der Waals surface area contributed by atoms with Crippen molar-refractivity contribution in [3.8, 4) is 0 Å². The molecule has 0 spiro atoms. The molecule has 0 aliphatic carbocycles. The molecule has 3 heteroatoms. The molecule has 0 bridgehead atoms. The minimum Gasteiger partial charge on any atom is -0.399 e. The van der Waals surface area contributed by atoms with Crippen molar-refractivity contribution in [3.05, 3.63) is 65.2 Å². The van der Waals surface area contributed by atoms with Gasteiger partial charge in [0, 0.05) is 17.8 Å². The quantitative estimate of drug-likeness (QED) is 0.819. The van der Waals surface area contributed by atoms with Crippen LogP contribution in [0.4, 0.5) is 5.69 Å². The lowest BCUT2D eigenvalue weighted by Crippen LogP contribution is -2.25. The van der Waals surface area contributed by atoms with Gasteiger partial charge in [-0.05, 0) is 48.2 Å². The zero-order valence-electron chi connectivity index (χ0n) is 11.7. The molecule has 3 nitrogen and oxygen atoms in total. The SMILES string of the molecule is CCc1ccc(C(=O)NCCc2ccc(N)cc2)cc1. The Balaban J connectivity index is 1.83. The maximum atomic E-state index is 12.0. The van der Waals surface area contributed by atoms with E-state index in [0.29, 0.717) is 12.1 Å². The average Bonchev–Trinajstić information content (AvgIpc) is 2.49. The normalized spacial score (nSPS) is 10.2. The predicted octanol–water partition coefficient (Wildman–Crippen LogP) is 2.80. The minimum atomic E-state index is -0.0249. The molecular formula is C17H20N2O. The van der Waals surface area contributed by atoms with E-state index in [2.05, 4.69) is 12.2 Å². The molecule has 0 aromatic heterocycles. The average molecular weight is 268 g/mol. The molecule has 2 aromatic rings. The lowest BCUT2D eigenvalue weighted by Gasteiger charge is -2.06. The van der Waals surface area contributed by atoms with Gasteiger partial charge in [0.25, 0.3) is 5.91 Å². The first-order valence-corrected chi connectivity index (χ1v) is 6.90. The Kier molecular flexibility index (Phi) is 4.77. The highest BCUT2D eigenvalue weighted by molar-refractivity contribution is 5.94. The Morgan fingerprint density at radius 2 is 1.60 bits per heavy atom. The first-order valence-electron chi connectivity index (χ1n) is 6.90. The Morgan fingerprint density at radius 1 is 1.00 bits per heavy atom. The van der Waals surface area contributed by atoms with Crippen LogP contribution in [0.15, 0.2) is 48.5 Å². The number of amides is 1. The van der Waals surface area contributed by atoms with E-state index in [9.17, 15) is 4.79 Å². The van der Waals surface area contributed by atoms with Crippen molar-refractivity contribution in [1.82, 2.24) is 5.32 Å². The van der Waals surface area contributed by atoms with Crippen molar-refractivity contribution in [2.45, 2.75) is 19.8 Å². The molecule has 1 amide bonds. The summed E-state index contributed by atoms with van der Waals surface area (Å²) in [6, 6.07) is 15.5. The summed E-state index contributed by atoms with van der Waals surface area (Å²) in [5.74, 6) is -0.0249. The van der Waals surface area contributed by atoms with E-state index < -0.39 is 0 Å². The topological polar surface area (TPSA) is 55.1 Å². The summed E-state index contributed by atoms with van der Waals surface area (Å²) in [6.07, 6.45) is 1.79. The fourth-order valence-corrected chi connectivity index (χ4v) is 2.00. The fraction of sp³-hybridized carbons (Fsp3) is 0.235. The van der Waals surface area contributed by atoms with Crippen LogP contribution < -0.4 is 11.1 Å². The van der Waals surface area contributed by atoms with Crippen LogP contribution in [0.25, 0.3) is 0 Å². The van der Waals surface area contributed by atoms with Gasteiger partial charge in [-0.2, -0.15) is 0 Å². The van der Waals surface area contributed by atoms with Crippen LogP contribution in [0.5, 0.6) is 0 Å². The number of carbonyl (C=O) groups is 1. The van der Waals surface area contributed by atoms with Gasteiger partial charge in [-0.1, -0.05) is 31.2 Å². The van der Waals surface area contributed by atoms with E-state index in [1.807, 2.05) is 48.5 Å². The van der Waals surface area contributed by atoms with Crippen molar-refractivity contribution >= 4 is 11.6 Å². The van der Waals surface area contributed by atoms with Crippen molar-refractivity contribution in [3.63, 3.8) is 0 Å². The van der Waals surface area contributed by atoms with Crippen LogP contribution >= 0.6 is 0 Å². The number of rotatable bonds is 5. The molecule has 0 unspecified atom stereocenters. The number of nitrogens with one attached hydrogen (secondary N) is 1. The Morgan fingerprint density at radius 3 is 2.20 bits per heavy atom. The standard InChI is InChI=1S/C17H20N2O/c1-2-13-3-7-15(8-4-13)17(20)19-12-11-14-5-9-16(18)10-6-14/h3-10H,2,11-12,18H2,1H3,(H,19,20). The third-order valence-corrected chi connectivity index (χ3v) is 3.30. The molecular weight excluding hydrogens is 248 g/mol. The second kappa shape index (κ2) is 6.75. The molecule has 0 aliphatic heterocycles. The Labute approximate surface area is 119 Å². The Bertz CT molecular complexity index is 559. The molecule has 0 saturated heterocycles. The highest BCUT2D eigenvalue weighted by Gasteiger charge is 2.04. The smallest absolute Gasteiger partial charge is 0.251 e. The summed E-state index contributed by atoms with van der Waals surface area (Å²) in [4.78, 5) is 12.0. The van der Waals surface area contributed by atoms with Crippen LogP contribution in [0, 0.1) is 0 Å². The summed E-state index contributed by atoms with van der Waals surface area (Å²) < 4.78 is 0. The molecule has 0 heterocycles. The van der Waals surface area contributed by atoms with Crippen molar-refractivity contribution in [1.29, 1.82) is 0 Å². The third kappa shape index (κ3) is 3.85. The van der Waals surface area contributed by atoms with Crippen LogP contribution in [0.3, 0.4) is 0 Å². The van der Waals surface area contributed by atoms with E-state index in [0.717, 1.165) is 18.5 Å². The number of carbonyl (C=O) groups excluding carboxylic acids is 1. The number of nitrogen functional groups attached to an aromatic ring is 1. The minimum absolute atomic E-state index is 0.0249. The van der Waals surface area contributed by atoms with E-state index >= 15 is 0 Å². The molecule has 20 heavy (non-hydrogen) atoms. The van der Waals surface area contributed by atoms with Gasteiger partial charge in [-0.3, -0.25) is 4.79 Å². The lowest BCUT2D eigenvalue weighted by molar-refractivity contribution is 0.0954. The zero-order chi connectivity index (χ0) is 14.4. The van der Waals surface area contributed by atoms with Gasteiger partial charge in [-0.25, -0.2) is 0 Å². The number of anilines is 1. The van der Waals surface area contributed by atoms with E-state index in [-0.39, 0.29) is 5.91 Å². The van der Waals surface area contributed by atoms with Gasteiger partial charge in [0.1, 0.15) is 0 Å². The largest absolute Gasteiger partial charge is 0.399 e. The van der Waals surface area contributed by atoms with Crippen molar-refractivity contribution in [2.24, 2.45) is 0 Å². The molecule has 0 atom stereocenters. The number of nitrogens with two attached hydrogens (primary N) is 1. The van der Waals surface area contributed by atoms with E-state index in [1.54, 1.807) is 0 Å². The molecule has 104 valence electrons. The van der Waals surface area contributed by atoms with Crippen molar-refractivity contribution < 1.29 is 4.79 Å². The molecule has 2 aromatic carbocycles. The van der Waals surface area contributed by atoms with Crippen molar-refractivity contribution in [2.75, 3.05) is 12.3 Å². The van der Waals surface area contributed by atoms with Gasteiger partial charge in [0.2, 0.25) is 0 Å². The van der Waals surface area contributed by atoms with Crippen LogP contribution in [-0.2, 0) is 12.8 Å². The second-order valence-electron chi connectivity index (χ2n) is 4.80. The first kappa shape index (κ1) is 14.1. The molecule has 2 rings (SSSR count). The maximum Gasteiger partial charge on any atom is 0.251 e. The highest BCUT2D eigenvalue weighted by atomic mass is 16.1. The Hall–Kier alpha value is -2.29. The lowest BCUT2D eigenvalue weighted by atomic mass is 10.1. The van der Waals surface area contributed by atoms with Gasteiger partial charge in [-0.15, -0.1) is 0 Å². The molecule has 3 N–H and O–H groups in total. The maximum absolute atomic E-state index is 12.0. The van der Waals surface area contributed by atoms with E-state index in [1.165, 1.54) is 11.1 Å². The molecule has 0 aliphatic rings. The van der Waals surface area contributed by atoms with E-state index in [4.69, 9.17) is 5.73 Å². The summed E-state index contributed by atoms with van der Waals surface area (Å²) >= 11 is 0. The summed E-state index contributed by atoms with van der Waals surface area (Å²) in [6.45, 7) is 2.72.